The smallest absolute Gasteiger partial charge is 0.334 e. The van der Waals surface area contributed by atoms with E-state index in [2.05, 4.69) is 50.9 Å². The maximum absolute atomic E-state index is 12.1. The van der Waals surface area contributed by atoms with Gasteiger partial charge in [-0.25, -0.2) is 4.79 Å². The predicted octanol–water partition coefficient (Wildman–Crippen LogP) is 4.86. The lowest BCUT2D eigenvalue weighted by Crippen LogP contribution is -2.36. The number of nitrogens with one attached hydrogen (secondary N) is 2. The van der Waals surface area contributed by atoms with Gasteiger partial charge in [-0.05, 0) is 94.1 Å². The molecule has 2 heterocycles. The topological polar surface area (TPSA) is 114 Å². The molecule has 1 saturated heterocycles. The molecule has 2 aromatic rings. The summed E-state index contributed by atoms with van der Waals surface area (Å²) in [6.45, 7) is 7.17. The van der Waals surface area contributed by atoms with E-state index in [1.807, 2.05) is 6.07 Å². The monoisotopic (exact) mass is 548 g/mol. The van der Waals surface area contributed by atoms with Gasteiger partial charge < -0.3 is 25.7 Å². The number of anilines is 1. The number of benzene rings is 2. The number of aliphatic imine (C=N–C) groups is 1. The lowest BCUT2D eigenvalue weighted by atomic mass is 9.75. The first kappa shape index (κ1) is 28.4. The van der Waals surface area contributed by atoms with Gasteiger partial charge in [-0.15, -0.1) is 0 Å². The van der Waals surface area contributed by atoms with Crippen molar-refractivity contribution in [1.82, 2.24) is 10.2 Å². The summed E-state index contributed by atoms with van der Waals surface area (Å²) in [5, 5.41) is 26.6. The Balaban J connectivity index is 1.29. The zero-order chi connectivity index (χ0) is 27.9. The van der Waals surface area contributed by atoms with Crippen LogP contribution in [0, 0.1) is 5.92 Å². The summed E-state index contributed by atoms with van der Waals surface area (Å²) in [5.74, 6) is -3.54. The van der Waals surface area contributed by atoms with E-state index < -0.39 is 23.8 Å². The predicted molar refractivity (Wildman–Crippen MR) is 157 cm³/mol. The fourth-order valence-electron chi connectivity index (χ4n) is 5.70. The molecule has 0 bridgehead atoms. The number of carboxylic acid groups (broad SMARTS) is 2. The SMILES string of the molecule is CC1=NC(C)=C(C(=O)O)C(c2cccc(NC(=S)NCCCN3CCC(c4ccccc4)CC3)c2)C1C(=O)O. The summed E-state index contributed by atoms with van der Waals surface area (Å²) in [5.41, 5.74) is 3.39. The van der Waals surface area contributed by atoms with Gasteiger partial charge in [0.1, 0.15) is 5.92 Å². The molecule has 206 valence electrons. The molecule has 0 saturated carbocycles. The average Bonchev–Trinajstić information content (AvgIpc) is 2.91. The van der Waals surface area contributed by atoms with E-state index >= 15 is 0 Å². The first-order valence-electron chi connectivity index (χ1n) is 13.4. The number of hydrogen-bond donors (Lipinski definition) is 4. The van der Waals surface area contributed by atoms with Crippen molar-refractivity contribution < 1.29 is 19.8 Å². The number of piperidine rings is 1. The number of likely N-dealkylation sites (tertiary alicyclic amines) is 1. The summed E-state index contributed by atoms with van der Waals surface area (Å²) < 4.78 is 0. The zero-order valence-corrected chi connectivity index (χ0v) is 23.2. The average molecular weight is 549 g/mol. The van der Waals surface area contributed by atoms with Crippen LogP contribution in [-0.2, 0) is 9.59 Å². The molecule has 9 heteroatoms. The number of rotatable bonds is 9. The molecule has 1 fully saturated rings. The molecule has 2 unspecified atom stereocenters. The van der Waals surface area contributed by atoms with Gasteiger partial charge >= 0.3 is 11.9 Å². The highest BCUT2D eigenvalue weighted by Gasteiger charge is 2.41. The second-order valence-corrected chi connectivity index (χ2v) is 10.6. The van der Waals surface area contributed by atoms with Gasteiger partial charge in [-0.3, -0.25) is 9.79 Å². The van der Waals surface area contributed by atoms with E-state index in [0.29, 0.717) is 33.7 Å². The van der Waals surface area contributed by atoms with Crippen LogP contribution in [-0.4, -0.2) is 64.1 Å². The maximum atomic E-state index is 12.1. The molecular formula is C30H36N4O4S. The fourth-order valence-corrected chi connectivity index (χ4v) is 5.92. The summed E-state index contributed by atoms with van der Waals surface area (Å²) >= 11 is 5.49. The molecule has 0 radical (unpaired) electrons. The van der Waals surface area contributed by atoms with Crippen LogP contribution in [0.3, 0.4) is 0 Å². The quantitative estimate of drug-likeness (QED) is 0.260. The lowest BCUT2D eigenvalue weighted by molar-refractivity contribution is -0.140. The van der Waals surface area contributed by atoms with Crippen LogP contribution in [0.1, 0.15) is 56.1 Å². The Morgan fingerprint density at radius 1 is 1.03 bits per heavy atom. The van der Waals surface area contributed by atoms with Crippen molar-refractivity contribution in [1.29, 1.82) is 0 Å². The number of carboxylic acids is 2. The third kappa shape index (κ3) is 7.10. The third-order valence-electron chi connectivity index (χ3n) is 7.62. The Morgan fingerprint density at radius 3 is 2.38 bits per heavy atom. The van der Waals surface area contributed by atoms with Crippen molar-refractivity contribution in [2.24, 2.45) is 10.9 Å². The third-order valence-corrected chi connectivity index (χ3v) is 7.87. The number of allylic oxidation sites excluding steroid dienone is 1. The Morgan fingerprint density at radius 2 is 1.72 bits per heavy atom. The molecule has 0 aliphatic carbocycles. The number of nitrogens with zero attached hydrogens (tertiary/aromatic N) is 2. The van der Waals surface area contributed by atoms with Crippen molar-refractivity contribution >= 4 is 40.7 Å². The summed E-state index contributed by atoms with van der Waals surface area (Å²) in [4.78, 5) is 30.9. The molecule has 0 aromatic heterocycles. The van der Waals surface area contributed by atoms with Crippen LogP contribution in [0.25, 0.3) is 0 Å². The van der Waals surface area contributed by atoms with Crippen molar-refractivity contribution in [3.8, 4) is 0 Å². The highest BCUT2D eigenvalue weighted by molar-refractivity contribution is 7.80. The van der Waals surface area contributed by atoms with Gasteiger partial charge in [0.15, 0.2) is 5.11 Å². The normalized spacial score (nSPS) is 20.3. The van der Waals surface area contributed by atoms with E-state index in [1.165, 1.54) is 18.4 Å². The number of carbonyl (C=O) groups is 2. The number of hydrogen-bond acceptors (Lipinski definition) is 5. The lowest BCUT2D eigenvalue weighted by Gasteiger charge is -2.32. The van der Waals surface area contributed by atoms with E-state index in [0.717, 1.165) is 32.6 Å². The molecule has 4 rings (SSSR count). The molecule has 2 aromatic carbocycles. The van der Waals surface area contributed by atoms with Gasteiger partial charge in [0.05, 0.1) is 5.57 Å². The Labute approximate surface area is 234 Å². The largest absolute Gasteiger partial charge is 0.481 e. The minimum Gasteiger partial charge on any atom is -0.481 e. The molecule has 0 spiro atoms. The van der Waals surface area contributed by atoms with Crippen molar-refractivity contribution in [2.75, 3.05) is 31.5 Å². The molecule has 0 amide bonds. The molecule has 2 aliphatic heterocycles. The van der Waals surface area contributed by atoms with E-state index in [-0.39, 0.29) is 5.57 Å². The van der Waals surface area contributed by atoms with Crippen molar-refractivity contribution in [2.45, 2.75) is 44.9 Å². The van der Waals surface area contributed by atoms with Gasteiger partial charge in [-0.1, -0.05) is 42.5 Å². The first-order chi connectivity index (χ1) is 18.7. The second-order valence-electron chi connectivity index (χ2n) is 10.2. The van der Waals surface area contributed by atoms with Crippen LogP contribution < -0.4 is 10.6 Å². The number of aliphatic carboxylic acids is 2. The molecule has 39 heavy (non-hydrogen) atoms. The molecule has 8 nitrogen and oxygen atoms in total. The zero-order valence-electron chi connectivity index (χ0n) is 22.4. The van der Waals surface area contributed by atoms with E-state index in [1.54, 1.807) is 32.0 Å². The standard InChI is InChI=1S/C30H36N4O4S/c1-19-25(28(35)36)27(26(29(37)38)20(2)32-19)23-10-6-11-24(18-23)33-30(39)31-14-7-15-34-16-12-22(13-17-34)21-8-4-3-5-9-21/h3-6,8-11,18,22,25,27H,7,12-17H2,1-2H3,(H,35,36)(H,37,38)(H2,31,33,39). The van der Waals surface area contributed by atoms with Crippen LogP contribution >= 0.6 is 12.2 Å². The molecular weight excluding hydrogens is 512 g/mol. The van der Waals surface area contributed by atoms with E-state index in [9.17, 15) is 19.8 Å². The van der Waals surface area contributed by atoms with Crippen LogP contribution in [0.15, 0.2) is 70.9 Å². The molecule has 2 atom stereocenters. The highest BCUT2D eigenvalue weighted by atomic mass is 32.1. The fraction of sp³-hybridized carbons (Fsp3) is 0.400. The Kier molecular flexibility index (Phi) is 9.48. The van der Waals surface area contributed by atoms with Crippen molar-refractivity contribution in [3.63, 3.8) is 0 Å². The van der Waals surface area contributed by atoms with Crippen LogP contribution in [0.2, 0.25) is 0 Å². The summed E-state index contributed by atoms with van der Waals surface area (Å²) in [6, 6.07) is 17.9. The van der Waals surface area contributed by atoms with Gasteiger partial charge in [0.2, 0.25) is 0 Å². The molecule has 2 aliphatic rings. The van der Waals surface area contributed by atoms with Gasteiger partial charge in [0.25, 0.3) is 0 Å². The number of thiocarbonyl (C=S) groups is 1. The summed E-state index contributed by atoms with van der Waals surface area (Å²) in [6.07, 6.45) is 3.33. The first-order valence-corrected chi connectivity index (χ1v) is 13.8. The highest BCUT2D eigenvalue weighted by Crippen LogP contribution is 2.39. The van der Waals surface area contributed by atoms with Crippen LogP contribution in [0.4, 0.5) is 5.69 Å². The Hall–Kier alpha value is -3.56. The van der Waals surface area contributed by atoms with E-state index in [4.69, 9.17) is 12.2 Å². The van der Waals surface area contributed by atoms with Gasteiger partial charge in [0, 0.05) is 29.6 Å². The minimum atomic E-state index is -1.17. The van der Waals surface area contributed by atoms with Crippen molar-refractivity contribution in [3.05, 3.63) is 77.0 Å². The molecule has 4 N–H and O–H groups in total. The second kappa shape index (κ2) is 13.0. The van der Waals surface area contributed by atoms with Gasteiger partial charge in [-0.2, -0.15) is 0 Å². The Bertz CT molecular complexity index is 1270. The maximum Gasteiger partial charge on any atom is 0.334 e. The summed E-state index contributed by atoms with van der Waals surface area (Å²) in [7, 11) is 0. The minimum absolute atomic E-state index is 0.00125. The van der Waals surface area contributed by atoms with Crippen LogP contribution in [0.5, 0.6) is 0 Å².